The molecule has 0 saturated carbocycles. The summed E-state index contributed by atoms with van der Waals surface area (Å²) in [5, 5.41) is 2.18. The number of pyridine rings is 2. The van der Waals surface area contributed by atoms with Crippen LogP contribution in [0.2, 0.25) is 0 Å². The Bertz CT molecular complexity index is 2610. The SMILES string of the molecule is Cc1cc2nc(-c3[c-]ccc4c3oc3ccccc34)n(-c3c(C(C)C)cccc3C(C)C)c2c(C)n1.[2H]C([2H])([2H])c1c[c-]c(-c2ccc(C([2H])([2H])[2H])cn2)cc1.[Ir]. The van der Waals surface area contributed by atoms with Crippen molar-refractivity contribution in [3.8, 4) is 28.3 Å². The molecule has 0 atom stereocenters. The first-order chi connectivity index (χ1) is 26.5. The van der Waals surface area contributed by atoms with E-state index in [9.17, 15) is 0 Å². The summed E-state index contributed by atoms with van der Waals surface area (Å²) in [6.07, 6.45) is 1.30. The number of hydrogen-bond donors (Lipinski definition) is 0. The minimum atomic E-state index is -2.18. The fraction of sp³-hybridized carbons (Fsp3) is 0.222. The maximum Gasteiger partial charge on any atom is 0.120 e. The second-order valence-electron chi connectivity index (χ2n) is 13.2. The van der Waals surface area contributed by atoms with Gasteiger partial charge in [-0.3, -0.25) is 9.97 Å². The van der Waals surface area contributed by atoms with Crippen LogP contribution in [0.4, 0.5) is 0 Å². The van der Waals surface area contributed by atoms with Crippen LogP contribution in [0.1, 0.15) is 81.4 Å². The third-order valence-electron chi connectivity index (χ3n) is 8.92. The normalized spacial score (nSPS) is 13.6. The van der Waals surface area contributed by atoms with E-state index in [-0.39, 0.29) is 31.2 Å². The van der Waals surface area contributed by atoms with E-state index in [0.717, 1.165) is 55.7 Å². The number of fused-ring (bicyclic) bond motifs is 4. The van der Waals surface area contributed by atoms with Crippen molar-refractivity contribution in [3.63, 3.8) is 0 Å². The summed E-state index contributed by atoms with van der Waals surface area (Å²) < 4.78 is 52.4. The fourth-order valence-corrected chi connectivity index (χ4v) is 6.58. The Hall–Kier alpha value is -4.90. The average Bonchev–Trinajstić information content (AvgIpc) is 3.73. The molecule has 0 fully saturated rings. The van der Waals surface area contributed by atoms with Crippen molar-refractivity contribution in [2.45, 2.75) is 67.1 Å². The molecular weight excluding hydrogens is 805 g/mol. The number of benzene rings is 4. The summed E-state index contributed by atoms with van der Waals surface area (Å²) >= 11 is 0. The molecule has 1 radical (unpaired) electrons. The molecule has 0 spiro atoms. The molecule has 6 heteroatoms. The maximum atomic E-state index is 7.28. The van der Waals surface area contributed by atoms with Gasteiger partial charge in [-0.25, -0.2) is 0 Å². The van der Waals surface area contributed by atoms with Crippen LogP contribution in [0.5, 0.6) is 0 Å². The quantitative estimate of drug-likeness (QED) is 0.162. The van der Waals surface area contributed by atoms with Crippen molar-refractivity contribution in [3.05, 3.63) is 143 Å². The smallest absolute Gasteiger partial charge is 0.120 e. The van der Waals surface area contributed by atoms with Crippen LogP contribution < -0.4 is 0 Å². The van der Waals surface area contributed by atoms with Crippen LogP contribution in [-0.4, -0.2) is 19.5 Å². The fourth-order valence-electron chi connectivity index (χ4n) is 6.58. The van der Waals surface area contributed by atoms with Crippen LogP contribution in [0, 0.1) is 39.7 Å². The molecule has 0 unspecified atom stereocenters. The monoisotopic (exact) mass is 853 g/mol. The van der Waals surface area contributed by atoms with Gasteiger partial charge in [-0.15, -0.1) is 53.6 Å². The molecule has 0 aliphatic heterocycles. The Balaban J connectivity index is 0.000000223. The Morgan fingerprint density at radius 2 is 1.53 bits per heavy atom. The van der Waals surface area contributed by atoms with Crippen molar-refractivity contribution >= 4 is 33.0 Å². The number of furan rings is 1. The number of aromatic nitrogens is 4. The van der Waals surface area contributed by atoms with E-state index in [1.807, 2.05) is 25.1 Å². The van der Waals surface area contributed by atoms with Gasteiger partial charge >= 0.3 is 0 Å². The molecule has 259 valence electrons. The molecule has 8 aromatic rings. The van der Waals surface area contributed by atoms with Gasteiger partial charge in [-0.2, -0.15) is 0 Å². The van der Waals surface area contributed by atoms with Gasteiger partial charge in [0.2, 0.25) is 0 Å². The van der Waals surface area contributed by atoms with E-state index in [2.05, 4.69) is 98.8 Å². The number of aryl methyl sites for hydroxylation is 4. The van der Waals surface area contributed by atoms with Crippen molar-refractivity contribution in [2.24, 2.45) is 0 Å². The van der Waals surface area contributed by atoms with E-state index in [1.165, 1.54) is 41.2 Å². The van der Waals surface area contributed by atoms with Gasteiger partial charge in [0.15, 0.2) is 0 Å². The first-order valence-electron chi connectivity index (χ1n) is 19.8. The van der Waals surface area contributed by atoms with E-state index >= 15 is 0 Å². The van der Waals surface area contributed by atoms with Gasteiger partial charge in [-0.1, -0.05) is 94.0 Å². The van der Waals surface area contributed by atoms with Gasteiger partial charge in [-0.05, 0) is 67.1 Å². The summed E-state index contributed by atoms with van der Waals surface area (Å²) in [4.78, 5) is 14.2. The van der Waals surface area contributed by atoms with Gasteiger partial charge in [0.05, 0.1) is 28.1 Å². The Morgan fingerprint density at radius 1 is 0.784 bits per heavy atom. The zero-order valence-corrected chi connectivity index (χ0v) is 31.8. The summed E-state index contributed by atoms with van der Waals surface area (Å²) in [6, 6.07) is 34.9. The third kappa shape index (κ3) is 6.91. The summed E-state index contributed by atoms with van der Waals surface area (Å²) in [5.41, 5.74) is 11.8. The Labute approximate surface area is 322 Å². The molecule has 4 aromatic carbocycles. The van der Waals surface area contributed by atoms with Gasteiger partial charge in [0, 0.05) is 51.3 Å². The molecule has 4 aromatic heterocycles. The minimum Gasteiger partial charge on any atom is -0.501 e. The number of hydrogen-bond acceptors (Lipinski definition) is 4. The third-order valence-corrected chi connectivity index (χ3v) is 8.92. The number of rotatable bonds is 5. The van der Waals surface area contributed by atoms with Crippen molar-refractivity contribution in [2.75, 3.05) is 0 Å². The number of nitrogens with zero attached hydrogens (tertiary/aromatic N) is 4. The van der Waals surface area contributed by atoms with Crippen molar-refractivity contribution in [1.29, 1.82) is 0 Å². The summed E-state index contributed by atoms with van der Waals surface area (Å²) in [5.74, 6) is 1.52. The first-order valence-corrected chi connectivity index (χ1v) is 16.8. The molecule has 8 rings (SSSR count). The zero-order chi connectivity index (χ0) is 40.1. The molecule has 0 amide bonds. The molecule has 4 heterocycles. The summed E-state index contributed by atoms with van der Waals surface area (Å²) in [6.45, 7) is 8.78. The predicted molar refractivity (Wildman–Crippen MR) is 206 cm³/mol. The van der Waals surface area contributed by atoms with Crippen molar-refractivity contribution in [1.82, 2.24) is 19.5 Å². The van der Waals surface area contributed by atoms with E-state index < -0.39 is 13.7 Å². The Kier molecular flexibility index (Phi) is 8.32. The van der Waals surface area contributed by atoms with Crippen LogP contribution in [0.15, 0.2) is 102 Å². The second-order valence-corrected chi connectivity index (χ2v) is 13.2. The Morgan fingerprint density at radius 3 is 2.20 bits per heavy atom. The largest absolute Gasteiger partial charge is 0.501 e. The average molecular weight is 853 g/mol. The number of para-hydroxylation sites is 2. The number of imidazole rings is 1. The van der Waals surface area contributed by atoms with Crippen LogP contribution in [0.25, 0.3) is 61.3 Å². The van der Waals surface area contributed by atoms with Crippen LogP contribution >= 0.6 is 0 Å². The van der Waals surface area contributed by atoms with E-state index in [4.69, 9.17) is 22.6 Å². The first kappa shape index (κ1) is 28.8. The van der Waals surface area contributed by atoms with E-state index in [0.29, 0.717) is 23.1 Å². The molecule has 0 saturated heterocycles. The van der Waals surface area contributed by atoms with Crippen LogP contribution in [0.3, 0.4) is 0 Å². The minimum absolute atomic E-state index is 0. The molecule has 51 heavy (non-hydrogen) atoms. The molecule has 0 bridgehead atoms. The van der Waals surface area contributed by atoms with Gasteiger partial charge in [0.1, 0.15) is 5.58 Å². The summed E-state index contributed by atoms with van der Waals surface area (Å²) in [7, 11) is 0. The zero-order valence-electron chi connectivity index (χ0n) is 35.4. The molecular formula is C45H42IrN4O-2. The van der Waals surface area contributed by atoms with Crippen LogP contribution in [-0.2, 0) is 20.1 Å². The standard InChI is InChI=1S/C32H30N3O.C13H12N.Ir/c1-18(2)22-12-9-13-23(19(3)4)30(22)35-29-21(6)33-20(5)17-27(29)34-32(35)26-15-10-14-25-24-11-7-8-16-28(24)36-31(25)26;1-10-3-6-12(7-4-10)13-8-5-11(2)9-14-13;/h7-14,16-19H,1-6H3;3-6,8-9H,1-2H3;/q2*-1;/i;1D3,2D3;. The molecule has 0 aliphatic rings. The molecule has 0 N–H and O–H groups in total. The molecule has 0 aliphatic carbocycles. The predicted octanol–water partition coefficient (Wildman–Crippen LogP) is 11.8. The van der Waals surface area contributed by atoms with Gasteiger partial charge < -0.3 is 14.0 Å². The second kappa shape index (κ2) is 14.8. The van der Waals surface area contributed by atoms with Crippen molar-refractivity contribution < 1.29 is 32.7 Å². The topological polar surface area (TPSA) is 56.7 Å². The maximum absolute atomic E-state index is 7.28. The van der Waals surface area contributed by atoms with E-state index in [1.54, 1.807) is 12.1 Å². The van der Waals surface area contributed by atoms with Gasteiger partial charge in [0.25, 0.3) is 0 Å². The molecule has 5 nitrogen and oxygen atoms in total.